The van der Waals surface area contributed by atoms with Crippen LogP contribution in [0.4, 0.5) is 0 Å². The van der Waals surface area contributed by atoms with Gasteiger partial charge in [0.2, 0.25) is 5.91 Å². The Labute approximate surface area is 126 Å². The monoisotopic (exact) mass is 300 g/mol. The van der Waals surface area contributed by atoms with Crippen molar-refractivity contribution in [3.63, 3.8) is 0 Å². The summed E-state index contributed by atoms with van der Waals surface area (Å²) in [5, 5.41) is 32.6. The molecule has 3 aliphatic heterocycles. The first-order chi connectivity index (χ1) is 9.79. The van der Waals surface area contributed by atoms with Gasteiger partial charge < -0.3 is 20.1 Å². The molecule has 0 bridgehead atoms. The van der Waals surface area contributed by atoms with Crippen LogP contribution in [-0.4, -0.2) is 68.2 Å². The number of rotatable bonds is 2. The third kappa shape index (κ3) is 2.08. The Balaban J connectivity index is 2.03. The Morgan fingerprint density at radius 1 is 1.10 bits per heavy atom. The van der Waals surface area contributed by atoms with Crippen LogP contribution in [0.5, 0.6) is 0 Å². The van der Waals surface area contributed by atoms with Crippen molar-refractivity contribution in [1.82, 2.24) is 9.80 Å². The molecule has 3 saturated heterocycles. The zero-order chi connectivity index (χ0) is 15.5. The highest BCUT2D eigenvalue weighted by atomic mass is 16.7. The van der Waals surface area contributed by atoms with Gasteiger partial charge in [-0.2, -0.15) is 0 Å². The van der Waals surface area contributed by atoms with E-state index in [9.17, 15) is 15.3 Å². The van der Waals surface area contributed by atoms with Crippen molar-refractivity contribution in [2.45, 2.75) is 77.1 Å². The molecular weight excluding hydrogens is 272 g/mol. The minimum atomic E-state index is -1.50. The molecule has 0 aromatic carbocycles. The summed E-state index contributed by atoms with van der Waals surface area (Å²) < 4.78 is 5.95. The lowest BCUT2D eigenvalue weighted by Crippen LogP contribution is -2.74. The summed E-state index contributed by atoms with van der Waals surface area (Å²) in [6.07, 6.45) is -0.313. The molecule has 3 heterocycles. The lowest BCUT2D eigenvalue weighted by Gasteiger charge is -2.54. The van der Waals surface area contributed by atoms with Crippen LogP contribution in [0.1, 0.15) is 40.5 Å². The molecule has 6 heteroatoms. The summed E-state index contributed by atoms with van der Waals surface area (Å²) in [6.45, 7) is 8.71. The van der Waals surface area contributed by atoms with Crippen LogP contribution in [0.3, 0.4) is 0 Å². The zero-order valence-corrected chi connectivity index (χ0v) is 13.3. The van der Waals surface area contributed by atoms with Crippen LogP contribution in [0.2, 0.25) is 0 Å². The van der Waals surface area contributed by atoms with Crippen molar-refractivity contribution < 1.29 is 20.1 Å². The number of hydrogen-bond acceptors (Lipinski definition) is 6. The van der Waals surface area contributed by atoms with Crippen LogP contribution in [-0.2, 0) is 4.74 Å². The number of aliphatic hydroxyl groups excluding tert-OH is 2. The molecule has 3 aliphatic rings. The molecule has 3 fully saturated rings. The average Bonchev–Trinajstić information content (AvgIpc) is 2.97. The van der Waals surface area contributed by atoms with Crippen molar-refractivity contribution in [3.8, 4) is 0 Å². The lowest BCUT2D eigenvalue weighted by atomic mass is 9.92. The third-order valence-corrected chi connectivity index (χ3v) is 5.29. The zero-order valence-electron chi connectivity index (χ0n) is 13.3. The van der Waals surface area contributed by atoms with Gasteiger partial charge in [-0.05, 0) is 24.7 Å². The Bertz CT molecular complexity index is 405. The maximum absolute atomic E-state index is 11.2. The molecule has 0 aliphatic carbocycles. The van der Waals surface area contributed by atoms with Crippen molar-refractivity contribution in [2.75, 3.05) is 6.54 Å². The van der Waals surface area contributed by atoms with Gasteiger partial charge in [0, 0.05) is 6.54 Å². The van der Waals surface area contributed by atoms with Crippen LogP contribution < -0.4 is 0 Å². The summed E-state index contributed by atoms with van der Waals surface area (Å²) in [4.78, 5) is 3.57. The van der Waals surface area contributed by atoms with E-state index < -0.39 is 24.5 Å². The van der Waals surface area contributed by atoms with Crippen molar-refractivity contribution in [1.29, 1.82) is 0 Å². The van der Waals surface area contributed by atoms with E-state index in [2.05, 4.69) is 0 Å². The number of nitrogens with zero attached hydrogens (tertiary/aromatic N) is 2. The van der Waals surface area contributed by atoms with Gasteiger partial charge in [0.15, 0.2) is 0 Å². The molecular formula is C15H28N2O4. The fourth-order valence-electron chi connectivity index (χ4n) is 4.31. The molecule has 3 N–H and O–H groups in total. The second kappa shape index (κ2) is 5.15. The van der Waals surface area contributed by atoms with E-state index >= 15 is 0 Å². The number of piperazine rings is 1. The molecule has 0 unspecified atom stereocenters. The Hall–Kier alpha value is -0.240. The van der Waals surface area contributed by atoms with Crippen molar-refractivity contribution in [3.05, 3.63) is 0 Å². The van der Waals surface area contributed by atoms with Gasteiger partial charge >= 0.3 is 0 Å². The number of fused-ring (bicyclic) bond motifs is 3. The molecule has 0 aromatic heterocycles. The maximum atomic E-state index is 11.2. The summed E-state index contributed by atoms with van der Waals surface area (Å²) >= 11 is 0. The molecule has 122 valence electrons. The highest BCUT2D eigenvalue weighted by Gasteiger charge is 2.66. The smallest absolute Gasteiger partial charge is 0.246 e. The van der Waals surface area contributed by atoms with Gasteiger partial charge in [-0.3, -0.25) is 4.90 Å². The van der Waals surface area contributed by atoms with Gasteiger partial charge in [-0.15, -0.1) is 0 Å². The molecule has 0 saturated carbocycles. The van der Waals surface area contributed by atoms with E-state index in [4.69, 9.17) is 4.74 Å². The van der Waals surface area contributed by atoms with Gasteiger partial charge in [0.1, 0.15) is 18.6 Å². The molecule has 6 nitrogen and oxygen atoms in total. The first kappa shape index (κ1) is 15.6. The molecule has 0 spiro atoms. The van der Waals surface area contributed by atoms with E-state index in [1.54, 1.807) is 4.90 Å². The molecule has 21 heavy (non-hydrogen) atoms. The van der Waals surface area contributed by atoms with Crippen LogP contribution in [0, 0.1) is 11.8 Å². The van der Waals surface area contributed by atoms with Crippen LogP contribution in [0.15, 0.2) is 0 Å². The average molecular weight is 300 g/mol. The summed E-state index contributed by atoms with van der Waals surface area (Å²) in [5.74, 6) is -1.31. The van der Waals surface area contributed by atoms with E-state index in [0.29, 0.717) is 0 Å². The predicted molar refractivity (Wildman–Crippen MR) is 76.9 cm³/mol. The third-order valence-electron chi connectivity index (χ3n) is 5.29. The molecule has 6 atom stereocenters. The van der Waals surface area contributed by atoms with Gasteiger partial charge in [-0.25, -0.2) is 4.90 Å². The molecule has 3 rings (SSSR count). The number of hydrogen-bond donors (Lipinski definition) is 3. The van der Waals surface area contributed by atoms with E-state index in [0.717, 1.165) is 19.4 Å². The summed E-state index contributed by atoms with van der Waals surface area (Å²) in [5.41, 5.74) is 0. The minimum absolute atomic E-state index is 0.0921. The van der Waals surface area contributed by atoms with Crippen molar-refractivity contribution in [2.24, 2.45) is 11.8 Å². The second-order valence-corrected chi connectivity index (χ2v) is 7.35. The number of aliphatic hydroxyl groups is 3. The predicted octanol–water partition coefficient (Wildman–Crippen LogP) is 0.129. The molecule has 0 amide bonds. The standard InChI is InChI=1S/C15H28N2O4/c1-8(2)11-13(18)16-7-5-6-10(16)15(20)17(11)14(19)12(21-15)9(3)4/h8-14,18-20H,5-7H2,1-4H3/t10-,11-,12+,13-,14-,15-/m1/s1. The quantitative estimate of drug-likeness (QED) is 0.673. The lowest BCUT2D eigenvalue weighted by molar-refractivity contribution is -0.347. The summed E-state index contributed by atoms with van der Waals surface area (Å²) in [6, 6.07) is -0.621. The van der Waals surface area contributed by atoms with E-state index in [1.807, 2.05) is 32.6 Å². The SMILES string of the molecule is CC(C)[C@@H]1[C@@H](O)N2CCC[C@@H]2[C@@]2(O)O[C@@H](C(C)C)[C@@H](O)N12. The molecule has 0 aromatic rings. The highest BCUT2D eigenvalue weighted by Crippen LogP contribution is 2.47. The normalized spacial score (nSPS) is 48.1. The largest absolute Gasteiger partial charge is 0.377 e. The number of ether oxygens (including phenoxy) is 1. The fraction of sp³-hybridized carbons (Fsp3) is 1.00. The Kier molecular flexibility index (Phi) is 3.83. The topological polar surface area (TPSA) is 76.4 Å². The minimum Gasteiger partial charge on any atom is -0.377 e. The van der Waals surface area contributed by atoms with E-state index in [-0.39, 0.29) is 23.9 Å². The summed E-state index contributed by atoms with van der Waals surface area (Å²) in [7, 11) is 0. The van der Waals surface area contributed by atoms with Gasteiger partial charge in [-0.1, -0.05) is 27.7 Å². The molecule has 0 radical (unpaired) electrons. The first-order valence-electron chi connectivity index (χ1n) is 8.09. The Morgan fingerprint density at radius 2 is 1.76 bits per heavy atom. The van der Waals surface area contributed by atoms with Crippen molar-refractivity contribution >= 4 is 0 Å². The fourth-order valence-corrected chi connectivity index (χ4v) is 4.31. The van der Waals surface area contributed by atoms with Crippen LogP contribution in [0.25, 0.3) is 0 Å². The van der Waals surface area contributed by atoms with Gasteiger partial charge in [0.25, 0.3) is 0 Å². The van der Waals surface area contributed by atoms with Crippen LogP contribution >= 0.6 is 0 Å². The second-order valence-electron chi connectivity index (χ2n) is 7.35. The highest BCUT2D eigenvalue weighted by molar-refractivity contribution is 5.07. The first-order valence-corrected chi connectivity index (χ1v) is 8.09. The van der Waals surface area contributed by atoms with E-state index in [1.165, 1.54) is 0 Å². The maximum Gasteiger partial charge on any atom is 0.246 e. The van der Waals surface area contributed by atoms with Gasteiger partial charge in [0.05, 0.1) is 12.1 Å². The Morgan fingerprint density at radius 3 is 2.33 bits per heavy atom.